The third-order valence-electron chi connectivity index (χ3n) is 2.77. The van der Waals surface area contributed by atoms with E-state index in [-0.39, 0.29) is 6.42 Å². The van der Waals surface area contributed by atoms with E-state index in [1.807, 2.05) is 0 Å². The van der Waals surface area contributed by atoms with E-state index < -0.39 is 54.9 Å². The number of aliphatic carboxylic acids is 2. The summed E-state index contributed by atoms with van der Waals surface area (Å²) in [4.78, 5) is 45.3. The number of carboxylic acids is 2. The number of hydrogen-bond donors (Lipinski definition) is 6. The summed E-state index contributed by atoms with van der Waals surface area (Å²) in [5.74, 6) is -3.99. The molecule has 3 unspecified atom stereocenters. The van der Waals surface area contributed by atoms with Gasteiger partial charge in [0.1, 0.15) is 18.1 Å². The van der Waals surface area contributed by atoms with Crippen LogP contribution in [-0.4, -0.2) is 75.8 Å². The average Bonchev–Trinajstić information content (AvgIpc) is 2.48. The van der Waals surface area contributed by atoms with Crippen LogP contribution in [0.25, 0.3) is 0 Å². The Morgan fingerprint density at radius 1 is 1.09 bits per heavy atom. The van der Waals surface area contributed by atoms with Crippen LogP contribution >= 0.6 is 11.8 Å². The minimum atomic E-state index is -1.61. The Morgan fingerprint density at radius 3 is 2.09 bits per heavy atom. The van der Waals surface area contributed by atoms with Crippen molar-refractivity contribution in [2.45, 2.75) is 31.0 Å². The molecule has 132 valence electrons. The summed E-state index contributed by atoms with van der Waals surface area (Å²) < 4.78 is 0. The van der Waals surface area contributed by atoms with Crippen LogP contribution in [-0.2, 0) is 19.2 Å². The Morgan fingerprint density at radius 2 is 1.65 bits per heavy atom. The molecule has 23 heavy (non-hydrogen) atoms. The molecule has 0 bridgehead atoms. The summed E-state index contributed by atoms with van der Waals surface area (Å²) >= 11 is 1.40. The van der Waals surface area contributed by atoms with Gasteiger partial charge in [-0.15, -0.1) is 0 Å². The Balaban J connectivity index is 4.93. The van der Waals surface area contributed by atoms with Crippen LogP contribution in [0.1, 0.15) is 12.8 Å². The van der Waals surface area contributed by atoms with E-state index in [1.165, 1.54) is 11.8 Å². The average molecular weight is 351 g/mol. The smallest absolute Gasteiger partial charge is 0.326 e. The summed E-state index contributed by atoms with van der Waals surface area (Å²) in [7, 11) is 0. The molecule has 0 saturated carbocycles. The monoisotopic (exact) mass is 351 g/mol. The van der Waals surface area contributed by atoms with Crippen molar-refractivity contribution in [1.29, 1.82) is 0 Å². The highest BCUT2D eigenvalue weighted by Gasteiger charge is 2.28. The van der Waals surface area contributed by atoms with E-state index in [2.05, 4.69) is 10.6 Å². The molecule has 11 heteroatoms. The highest BCUT2D eigenvalue weighted by atomic mass is 32.2. The molecule has 0 heterocycles. The first-order chi connectivity index (χ1) is 10.7. The van der Waals surface area contributed by atoms with Gasteiger partial charge < -0.3 is 31.7 Å². The minimum absolute atomic E-state index is 0.191. The second-order valence-corrected chi connectivity index (χ2v) is 5.61. The van der Waals surface area contributed by atoms with Gasteiger partial charge in [-0.3, -0.25) is 14.4 Å². The molecule has 0 fully saturated rings. The van der Waals surface area contributed by atoms with E-state index in [4.69, 9.17) is 21.1 Å². The van der Waals surface area contributed by atoms with Gasteiger partial charge >= 0.3 is 11.9 Å². The first kappa shape index (κ1) is 21.1. The van der Waals surface area contributed by atoms with Crippen molar-refractivity contribution in [2.75, 3.05) is 18.6 Å². The summed E-state index contributed by atoms with van der Waals surface area (Å²) in [5.41, 5.74) is 5.34. The zero-order valence-corrected chi connectivity index (χ0v) is 13.3. The van der Waals surface area contributed by atoms with Crippen LogP contribution in [0.15, 0.2) is 0 Å². The lowest BCUT2D eigenvalue weighted by atomic mass is 10.1. The Labute approximate surface area is 136 Å². The maximum absolute atomic E-state index is 12.1. The molecular weight excluding hydrogens is 330 g/mol. The summed E-state index contributed by atoms with van der Waals surface area (Å²) in [6.07, 6.45) is 1.18. The number of carbonyl (C=O) groups excluding carboxylic acids is 2. The van der Waals surface area contributed by atoms with Crippen LogP contribution in [0.3, 0.4) is 0 Å². The zero-order valence-electron chi connectivity index (χ0n) is 12.5. The standard InChI is InChI=1S/C12H21N3O7S/c1-23-3-2-7(14-10(19)6(13)5-16)11(20)15-8(12(21)22)4-9(17)18/h6-8,16H,2-5,13H2,1H3,(H,14,19)(H,15,20)(H,17,18)(H,21,22). The number of carboxylic acid groups (broad SMARTS) is 2. The first-order valence-corrected chi connectivity index (χ1v) is 8.03. The molecule has 0 aromatic rings. The largest absolute Gasteiger partial charge is 0.481 e. The molecule has 0 saturated heterocycles. The highest BCUT2D eigenvalue weighted by molar-refractivity contribution is 7.98. The molecule has 0 radical (unpaired) electrons. The van der Waals surface area contributed by atoms with Crippen molar-refractivity contribution in [3.8, 4) is 0 Å². The van der Waals surface area contributed by atoms with Crippen LogP contribution in [0.5, 0.6) is 0 Å². The van der Waals surface area contributed by atoms with Crippen molar-refractivity contribution >= 4 is 35.5 Å². The van der Waals surface area contributed by atoms with Crippen molar-refractivity contribution in [3.63, 3.8) is 0 Å². The van der Waals surface area contributed by atoms with E-state index >= 15 is 0 Å². The van der Waals surface area contributed by atoms with Gasteiger partial charge in [0.05, 0.1) is 13.0 Å². The van der Waals surface area contributed by atoms with E-state index in [1.54, 1.807) is 6.26 Å². The fourth-order valence-electron chi connectivity index (χ4n) is 1.51. The van der Waals surface area contributed by atoms with Crippen LogP contribution in [0.4, 0.5) is 0 Å². The van der Waals surface area contributed by atoms with Crippen LogP contribution in [0, 0.1) is 0 Å². The summed E-state index contributed by atoms with van der Waals surface area (Å²) in [6.45, 7) is -0.612. The summed E-state index contributed by atoms with van der Waals surface area (Å²) in [6, 6.07) is -3.91. The van der Waals surface area contributed by atoms with E-state index in [0.717, 1.165) is 0 Å². The molecule has 2 amide bonds. The van der Waals surface area contributed by atoms with Gasteiger partial charge in [0.25, 0.3) is 0 Å². The quantitative estimate of drug-likeness (QED) is 0.236. The molecule has 0 aromatic carbocycles. The number of nitrogens with two attached hydrogens (primary N) is 1. The van der Waals surface area contributed by atoms with Crippen LogP contribution in [0.2, 0.25) is 0 Å². The molecule has 0 aliphatic rings. The van der Waals surface area contributed by atoms with Gasteiger partial charge in [-0.25, -0.2) is 4.79 Å². The van der Waals surface area contributed by atoms with E-state index in [9.17, 15) is 19.2 Å². The van der Waals surface area contributed by atoms with Crippen molar-refractivity contribution in [2.24, 2.45) is 5.73 Å². The predicted octanol–water partition coefficient (Wildman–Crippen LogP) is -2.41. The second-order valence-electron chi connectivity index (χ2n) is 4.63. The number of amides is 2. The molecule has 3 atom stereocenters. The normalized spacial score (nSPS) is 14.4. The topological polar surface area (TPSA) is 179 Å². The third-order valence-corrected chi connectivity index (χ3v) is 3.41. The molecule has 0 rings (SSSR count). The maximum Gasteiger partial charge on any atom is 0.326 e. The summed E-state index contributed by atoms with van der Waals surface area (Å²) in [5, 5.41) is 30.8. The van der Waals surface area contributed by atoms with E-state index in [0.29, 0.717) is 5.75 Å². The number of aliphatic hydroxyl groups is 1. The molecule has 0 aromatic heterocycles. The lowest BCUT2D eigenvalue weighted by Gasteiger charge is -2.21. The number of aliphatic hydroxyl groups excluding tert-OH is 1. The van der Waals surface area contributed by atoms with Gasteiger partial charge in [0, 0.05) is 0 Å². The van der Waals surface area contributed by atoms with Gasteiger partial charge in [0.2, 0.25) is 11.8 Å². The molecule has 10 nitrogen and oxygen atoms in total. The minimum Gasteiger partial charge on any atom is -0.481 e. The van der Waals surface area contributed by atoms with Crippen molar-refractivity contribution < 1.29 is 34.5 Å². The number of rotatable bonds is 11. The second kappa shape index (κ2) is 10.8. The Hall–Kier alpha value is -1.85. The van der Waals surface area contributed by atoms with Gasteiger partial charge in [-0.05, 0) is 18.4 Å². The number of carbonyl (C=O) groups is 4. The molecular formula is C12H21N3O7S. The first-order valence-electron chi connectivity index (χ1n) is 6.63. The van der Waals surface area contributed by atoms with Crippen molar-refractivity contribution in [3.05, 3.63) is 0 Å². The third kappa shape index (κ3) is 8.38. The number of hydrogen-bond acceptors (Lipinski definition) is 7. The number of thioether (sulfide) groups is 1. The molecule has 0 aliphatic carbocycles. The fourth-order valence-corrected chi connectivity index (χ4v) is 1.98. The lowest BCUT2D eigenvalue weighted by molar-refractivity contribution is -0.147. The molecule has 0 spiro atoms. The van der Waals surface area contributed by atoms with Crippen molar-refractivity contribution in [1.82, 2.24) is 10.6 Å². The number of nitrogens with one attached hydrogen (secondary N) is 2. The SMILES string of the molecule is CSCCC(NC(=O)C(N)CO)C(=O)NC(CC(=O)O)C(=O)O. The highest BCUT2D eigenvalue weighted by Crippen LogP contribution is 2.03. The zero-order chi connectivity index (χ0) is 18.0. The Bertz CT molecular complexity index is 446. The molecule has 7 N–H and O–H groups in total. The molecule has 0 aliphatic heterocycles. The van der Waals surface area contributed by atoms with Gasteiger partial charge in [-0.1, -0.05) is 0 Å². The maximum atomic E-state index is 12.1. The Kier molecular flexibility index (Phi) is 9.94. The predicted molar refractivity (Wildman–Crippen MR) is 81.8 cm³/mol. The fraction of sp³-hybridized carbons (Fsp3) is 0.667. The van der Waals surface area contributed by atoms with Crippen LogP contribution < -0.4 is 16.4 Å². The van der Waals surface area contributed by atoms with Gasteiger partial charge in [0.15, 0.2) is 0 Å². The lowest BCUT2D eigenvalue weighted by Crippen LogP contribution is -2.55. The van der Waals surface area contributed by atoms with Gasteiger partial charge in [-0.2, -0.15) is 11.8 Å².